The number of nitro groups is 1. The largest absolute Gasteiger partial charge is 0.484 e. The minimum Gasteiger partial charge on any atom is -0.484 e. The summed E-state index contributed by atoms with van der Waals surface area (Å²) in [4.78, 5) is 10.3. The van der Waals surface area contributed by atoms with Gasteiger partial charge in [-0.25, -0.2) is 0 Å². The van der Waals surface area contributed by atoms with Gasteiger partial charge in [0.25, 0.3) is 0 Å². The Labute approximate surface area is 114 Å². The normalized spacial score (nSPS) is 17.3. The molecule has 19 heavy (non-hydrogen) atoms. The molecule has 0 aromatic heterocycles. The van der Waals surface area contributed by atoms with Crippen LogP contribution in [0, 0.1) is 27.4 Å². The van der Waals surface area contributed by atoms with Crippen molar-refractivity contribution in [2.24, 2.45) is 11.7 Å². The van der Waals surface area contributed by atoms with Crippen molar-refractivity contribution in [1.82, 2.24) is 0 Å². The Morgan fingerprint density at radius 2 is 2.32 bits per heavy atom. The maximum atomic E-state index is 10.9. The molecule has 1 aromatic rings. The zero-order chi connectivity index (χ0) is 14.0. The Bertz CT molecular complexity index is 554. The molecule has 7 heteroatoms. The number of hydrogen-bond acceptors (Lipinski definition) is 5. The third-order valence-electron chi connectivity index (χ3n) is 3.10. The molecule has 0 radical (unpaired) electrons. The van der Waals surface area contributed by atoms with Gasteiger partial charge in [0.2, 0.25) is 0 Å². The van der Waals surface area contributed by atoms with Crippen molar-refractivity contribution in [2.75, 3.05) is 6.61 Å². The van der Waals surface area contributed by atoms with Crippen LogP contribution in [-0.2, 0) is 0 Å². The van der Waals surface area contributed by atoms with Gasteiger partial charge in [0.1, 0.15) is 12.1 Å². The van der Waals surface area contributed by atoms with E-state index in [1.807, 2.05) is 6.07 Å². The van der Waals surface area contributed by atoms with Crippen molar-refractivity contribution in [1.29, 1.82) is 5.26 Å². The highest BCUT2D eigenvalue weighted by atomic mass is 35.5. The first-order valence-corrected chi connectivity index (χ1v) is 6.11. The Balaban J connectivity index is 2.17. The fourth-order valence-corrected chi connectivity index (χ4v) is 1.95. The van der Waals surface area contributed by atoms with Crippen molar-refractivity contribution in [3.8, 4) is 11.8 Å². The number of rotatable bonds is 5. The van der Waals surface area contributed by atoms with Gasteiger partial charge in [-0.15, -0.1) is 0 Å². The Morgan fingerprint density at radius 3 is 2.84 bits per heavy atom. The molecule has 6 nitrogen and oxygen atoms in total. The van der Waals surface area contributed by atoms with Crippen molar-refractivity contribution < 1.29 is 9.66 Å². The zero-order valence-electron chi connectivity index (χ0n) is 10.0. The number of nitriles is 1. The Hall–Kier alpha value is -1.84. The van der Waals surface area contributed by atoms with Crippen LogP contribution in [0.15, 0.2) is 18.2 Å². The average Bonchev–Trinajstić information content (AvgIpc) is 3.20. The molecule has 1 atom stereocenters. The van der Waals surface area contributed by atoms with Crippen LogP contribution in [0.3, 0.4) is 0 Å². The maximum Gasteiger partial charge on any atom is 0.311 e. The molecule has 100 valence electrons. The van der Waals surface area contributed by atoms with E-state index < -0.39 is 10.5 Å². The summed E-state index contributed by atoms with van der Waals surface area (Å²) in [5.41, 5.74) is 4.63. The lowest BCUT2D eigenvalue weighted by atomic mass is 9.98. The highest BCUT2D eigenvalue weighted by Crippen LogP contribution is 2.39. The minimum atomic E-state index is -1.10. The molecular formula is C12H12ClN3O3. The van der Waals surface area contributed by atoms with Gasteiger partial charge in [-0.3, -0.25) is 10.1 Å². The Morgan fingerprint density at radius 1 is 1.63 bits per heavy atom. The molecule has 1 fully saturated rings. The maximum absolute atomic E-state index is 10.9. The monoisotopic (exact) mass is 281 g/mol. The molecule has 0 saturated heterocycles. The van der Waals surface area contributed by atoms with E-state index >= 15 is 0 Å². The molecule has 1 unspecified atom stereocenters. The van der Waals surface area contributed by atoms with Gasteiger partial charge in [0.05, 0.1) is 11.0 Å². The fourth-order valence-electron chi connectivity index (χ4n) is 1.79. The smallest absolute Gasteiger partial charge is 0.311 e. The second kappa shape index (κ2) is 5.03. The molecule has 0 bridgehead atoms. The SMILES string of the molecule is N#CC(N)(COc1cc(Cl)ccc1[N+](=O)[O-])C1CC1. The highest BCUT2D eigenvalue weighted by Gasteiger charge is 2.43. The van der Waals surface area contributed by atoms with Gasteiger partial charge in [0.15, 0.2) is 5.75 Å². The van der Waals surface area contributed by atoms with Crippen LogP contribution < -0.4 is 10.5 Å². The summed E-state index contributed by atoms with van der Waals surface area (Å²) >= 11 is 5.78. The molecule has 1 aliphatic carbocycles. The molecule has 0 aliphatic heterocycles. The van der Waals surface area contributed by atoms with E-state index in [4.69, 9.17) is 27.3 Å². The topological polar surface area (TPSA) is 102 Å². The summed E-state index contributed by atoms with van der Waals surface area (Å²) in [5.74, 6) is 0.124. The summed E-state index contributed by atoms with van der Waals surface area (Å²) in [6.45, 7) is -0.0879. The molecule has 1 aromatic carbocycles. The predicted molar refractivity (Wildman–Crippen MR) is 68.9 cm³/mol. The summed E-state index contributed by atoms with van der Waals surface area (Å²) in [5, 5.41) is 20.3. The number of halogens is 1. The van der Waals surface area contributed by atoms with Crippen molar-refractivity contribution in [2.45, 2.75) is 18.4 Å². The third kappa shape index (κ3) is 2.95. The van der Waals surface area contributed by atoms with Gasteiger partial charge in [-0.2, -0.15) is 5.26 Å². The molecule has 0 heterocycles. The summed E-state index contributed by atoms with van der Waals surface area (Å²) in [7, 11) is 0. The first-order valence-electron chi connectivity index (χ1n) is 5.73. The molecule has 1 saturated carbocycles. The van der Waals surface area contributed by atoms with Crippen molar-refractivity contribution in [3.63, 3.8) is 0 Å². The van der Waals surface area contributed by atoms with Gasteiger partial charge >= 0.3 is 5.69 Å². The van der Waals surface area contributed by atoms with Gasteiger partial charge in [0, 0.05) is 17.2 Å². The lowest BCUT2D eigenvalue weighted by molar-refractivity contribution is -0.385. The van der Waals surface area contributed by atoms with E-state index in [-0.39, 0.29) is 24.0 Å². The van der Waals surface area contributed by atoms with Crippen molar-refractivity contribution in [3.05, 3.63) is 33.3 Å². The molecule has 0 spiro atoms. The van der Waals surface area contributed by atoms with Crippen LogP contribution >= 0.6 is 11.6 Å². The van der Waals surface area contributed by atoms with E-state index in [1.165, 1.54) is 18.2 Å². The standard InChI is InChI=1S/C12H12ClN3O3/c13-9-3-4-10(16(17)18)11(5-9)19-7-12(15,6-14)8-1-2-8/h3-5,8H,1-2,7,15H2. The van der Waals surface area contributed by atoms with E-state index in [9.17, 15) is 10.1 Å². The number of nitrogens with zero attached hydrogens (tertiary/aromatic N) is 2. The molecule has 1 aliphatic rings. The first-order chi connectivity index (χ1) is 8.96. The number of nitro benzene ring substituents is 1. The molecule has 2 N–H and O–H groups in total. The van der Waals surface area contributed by atoms with E-state index in [2.05, 4.69) is 0 Å². The first kappa shape index (κ1) is 13.6. The van der Waals surface area contributed by atoms with Crippen LogP contribution in [0.4, 0.5) is 5.69 Å². The summed E-state index contributed by atoms with van der Waals surface area (Å²) < 4.78 is 5.36. The zero-order valence-corrected chi connectivity index (χ0v) is 10.8. The molecule has 2 rings (SSSR count). The quantitative estimate of drug-likeness (QED) is 0.659. The lowest BCUT2D eigenvalue weighted by Crippen LogP contribution is -2.46. The Kier molecular flexibility index (Phi) is 3.60. The van der Waals surface area contributed by atoms with Gasteiger partial charge < -0.3 is 10.5 Å². The van der Waals surface area contributed by atoms with E-state index in [0.29, 0.717) is 5.02 Å². The van der Waals surface area contributed by atoms with Crippen LogP contribution in [0.5, 0.6) is 5.75 Å². The molecule has 0 amide bonds. The predicted octanol–water partition coefficient (Wildman–Crippen LogP) is 2.26. The number of benzene rings is 1. The number of hydrogen-bond donors (Lipinski definition) is 1. The second-order valence-corrected chi connectivity index (χ2v) is 5.02. The lowest BCUT2D eigenvalue weighted by Gasteiger charge is -2.21. The van der Waals surface area contributed by atoms with Gasteiger partial charge in [-0.05, 0) is 24.8 Å². The average molecular weight is 282 g/mol. The highest BCUT2D eigenvalue weighted by molar-refractivity contribution is 6.30. The minimum absolute atomic E-state index is 0.0308. The van der Waals surface area contributed by atoms with Crippen LogP contribution in [0.25, 0.3) is 0 Å². The van der Waals surface area contributed by atoms with E-state index in [1.54, 1.807) is 0 Å². The fraction of sp³-hybridized carbons (Fsp3) is 0.417. The number of nitrogens with two attached hydrogens (primary N) is 1. The summed E-state index contributed by atoms with van der Waals surface area (Å²) in [6.07, 6.45) is 1.76. The van der Waals surface area contributed by atoms with Crippen molar-refractivity contribution >= 4 is 17.3 Å². The van der Waals surface area contributed by atoms with E-state index in [0.717, 1.165) is 12.8 Å². The summed E-state index contributed by atoms with van der Waals surface area (Å²) in [6, 6.07) is 6.05. The van der Waals surface area contributed by atoms with Gasteiger partial charge in [-0.1, -0.05) is 11.6 Å². The third-order valence-corrected chi connectivity index (χ3v) is 3.33. The molecular weight excluding hydrogens is 270 g/mol. The van der Waals surface area contributed by atoms with Crippen LogP contribution in [0.2, 0.25) is 5.02 Å². The number of ether oxygens (including phenoxy) is 1. The van der Waals surface area contributed by atoms with Crippen LogP contribution in [0.1, 0.15) is 12.8 Å². The van der Waals surface area contributed by atoms with Crippen LogP contribution in [-0.4, -0.2) is 17.1 Å². The second-order valence-electron chi connectivity index (χ2n) is 4.58.